The van der Waals surface area contributed by atoms with Crippen molar-refractivity contribution in [1.82, 2.24) is 4.57 Å². The summed E-state index contributed by atoms with van der Waals surface area (Å²) >= 11 is 0. The van der Waals surface area contributed by atoms with Gasteiger partial charge in [-0.25, -0.2) is 4.21 Å². The van der Waals surface area contributed by atoms with Crippen molar-refractivity contribution in [3.8, 4) is 0 Å². The van der Waals surface area contributed by atoms with Crippen LogP contribution in [-0.2, 0) is 10.8 Å². The van der Waals surface area contributed by atoms with Gasteiger partial charge in [-0.15, -0.1) is 0 Å². The maximum Gasteiger partial charge on any atom is 0.121 e. The lowest BCUT2D eigenvalue weighted by atomic mass is 9.95. The molecule has 1 atom stereocenters. The minimum Gasteiger partial charge on any atom is -0.384 e. The molecule has 1 aromatic heterocycles. The highest BCUT2D eigenvalue weighted by Gasteiger charge is 2.28. The van der Waals surface area contributed by atoms with Crippen LogP contribution in [0.3, 0.4) is 0 Å². The molecule has 0 bridgehead atoms. The lowest BCUT2D eigenvalue weighted by molar-refractivity contribution is 0.356. The molecule has 1 heterocycles. The molecule has 1 aliphatic rings. The van der Waals surface area contributed by atoms with Crippen molar-refractivity contribution in [3.63, 3.8) is 0 Å². The van der Waals surface area contributed by atoms with Crippen LogP contribution in [0.5, 0.6) is 0 Å². The van der Waals surface area contributed by atoms with E-state index in [-0.39, 0.29) is 6.04 Å². The highest BCUT2D eigenvalue weighted by Crippen LogP contribution is 2.38. The van der Waals surface area contributed by atoms with Gasteiger partial charge in [0.05, 0.1) is 21.4 Å². The number of nitrogens with two attached hydrogens (primary N) is 1. The molecule has 1 saturated carbocycles. The molecule has 5 heteroatoms. The molecule has 0 aliphatic heterocycles. The average Bonchev–Trinajstić information content (AvgIpc) is 2.93. The first-order valence-electron chi connectivity index (χ1n) is 8.32. The molecular formula is C19H23N3OS. The van der Waals surface area contributed by atoms with Crippen LogP contribution in [0.4, 0.5) is 5.82 Å². The largest absolute Gasteiger partial charge is 0.384 e. The van der Waals surface area contributed by atoms with E-state index >= 15 is 0 Å². The summed E-state index contributed by atoms with van der Waals surface area (Å²) in [5.41, 5.74) is 7.88. The van der Waals surface area contributed by atoms with Crippen LogP contribution in [0, 0.1) is 5.41 Å². The quantitative estimate of drug-likeness (QED) is 0.792. The second-order valence-corrected chi connectivity index (χ2v) is 7.52. The van der Waals surface area contributed by atoms with Crippen LogP contribution in [0.1, 0.15) is 49.4 Å². The Hall–Kier alpha value is -2.14. The summed E-state index contributed by atoms with van der Waals surface area (Å²) in [6, 6.07) is 9.58. The summed E-state index contributed by atoms with van der Waals surface area (Å²) in [6.45, 7) is 3.87. The van der Waals surface area contributed by atoms with E-state index in [0.29, 0.717) is 21.3 Å². The third-order valence-corrected chi connectivity index (χ3v) is 6.20. The summed E-state index contributed by atoms with van der Waals surface area (Å²) < 4.78 is 15.1. The van der Waals surface area contributed by atoms with Crippen LogP contribution >= 0.6 is 0 Å². The molecular weight excluding hydrogens is 318 g/mol. The van der Waals surface area contributed by atoms with E-state index in [1.165, 1.54) is 25.5 Å². The molecule has 1 unspecified atom stereocenters. The first-order valence-corrected chi connectivity index (χ1v) is 9.47. The number of rotatable bonds is 5. The molecule has 1 fully saturated rings. The number of anilines is 1. The molecule has 0 spiro atoms. The van der Waals surface area contributed by atoms with Gasteiger partial charge in [0.1, 0.15) is 5.82 Å². The Morgan fingerprint density at radius 1 is 1.21 bits per heavy atom. The molecule has 2 aromatic rings. The van der Waals surface area contributed by atoms with E-state index in [2.05, 4.69) is 6.58 Å². The Labute approximate surface area is 145 Å². The molecule has 24 heavy (non-hydrogen) atoms. The van der Waals surface area contributed by atoms with Gasteiger partial charge in [0, 0.05) is 22.7 Å². The third-order valence-electron chi connectivity index (χ3n) is 4.70. The Morgan fingerprint density at radius 2 is 1.88 bits per heavy atom. The molecule has 4 nitrogen and oxygen atoms in total. The van der Waals surface area contributed by atoms with E-state index in [4.69, 9.17) is 11.1 Å². The van der Waals surface area contributed by atoms with E-state index in [9.17, 15) is 4.21 Å². The zero-order valence-electron chi connectivity index (χ0n) is 13.7. The SMILES string of the molecule is C=Cc1c(S(=O)c2ccccc2)c(N)n(C2CCCCC2)c1C=N. The van der Waals surface area contributed by atoms with Crippen molar-refractivity contribution in [2.45, 2.75) is 47.9 Å². The van der Waals surface area contributed by atoms with Crippen LogP contribution < -0.4 is 5.73 Å². The van der Waals surface area contributed by atoms with Gasteiger partial charge in [-0.05, 0) is 25.0 Å². The first-order chi connectivity index (χ1) is 11.7. The Morgan fingerprint density at radius 3 is 2.46 bits per heavy atom. The van der Waals surface area contributed by atoms with Crippen molar-refractivity contribution in [1.29, 1.82) is 5.41 Å². The molecule has 0 saturated heterocycles. The van der Waals surface area contributed by atoms with Gasteiger partial charge in [-0.3, -0.25) is 0 Å². The third kappa shape index (κ3) is 2.84. The van der Waals surface area contributed by atoms with E-state index < -0.39 is 10.8 Å². The molecule has 0 amide bonds. The second kappa shape index (κ2) is 7.18. The smallest absolute Gasteiger partial charge is 0.121 e. The van der Waals surface area contributed by atoms with E-state index in [1.54, 1.807) is 6.08 Å². The predicted octanol–water partition coefficient (Wildman–Crippen LogP) is 4.38. The number of aromatic nitrogens is 1. The van der Waals surface area contributed by atoms with E-state index in [0.717, 1.165) is 18.4 Å². The second-order valence-electron chi connectivity index (χ2n) is 6.11. The Bertz CT molecular complexity index is 774. The summed E-state index contributed by atoms with van der Waals surface area (Å²) in [5, 5.41) is 7.85. The van der Waals surface area contributed by atoms with Crippen LogP contribution in [0.2, 0.25) is 0 Å². The number of hydrogen-bond donors (Lipinski definition) is 2. The fourth-order valence-electron chi connectivity index (χ4n) is 3.56. The molecule has 3 N–H and O–H groups in total. The monoisotopic (exact) mass is 341 g/mol. The number of nitrogens with one attached hydrogen (secondary N) is 1. The molecule has 0 radical (unpaired) electrons. The topological polar surface area (TPSA) is 71.9 Å². The lowest BCUT2D eigenvalue weighted by Gasteiger charge is -2.26. The fraction of sp³-hybridized carbons (Fsp3) is 0.316. The van der Waals surface area contributed by atoms with Crippen LogP contribution in [0.25, 0.3) is 6.08 Å². The van der Waals surface area contributed by atoms with Gasteiger partial charge in [0.2, 0.25) is 0 Å². The number of hydrogen-bond acceptors (Lipinski definition) is 3. The minimum absolute atomic E-state index is 0.274. The van der Waals surface area contributed by atoms with Gasteiger partial charge in [0.15, 0.2) is 0 Å². The molecule has 126 valence electrons. The van der Waals surface area contributed by atoms with Crippen molar-refractivity contribution in [3.05, 3.63) is 48.2 Å². The molecule has 1 aliphatic carbocycles. The van der Waals surface area contributed by atoms with Gasteiger partial charge < -0.3 is 15.7 Å². The van der Waals surface area contributed by atoms with Crippen molar-refractivity contribution < 1.29 is 4.21 Å². The zero-order valence-corrected chi connectivity index (χ0v) is 14.5. The fourth-order valence-corrected chi connectivity index (χ4v) is 4.87. The summed E-state index contributed by atoms with van der Waals surface area (Å²) in [7, 11) is -1.39. The minimum atomic E-state index is -1.39. The Kier molecular flexibility index (Phi) is 5.00. The number of nitrogens with zero attached hydrogens (tertiary/aromatic N) is 1. The van der Waals surface area contributed by atoms with Gasteiger partial charge in [-0.2, -0.15) is 0 Å². The number of nitrogen functional groups attached to an aromatic ring is 1. The number of benzene rings is 1. The van der Waals surface area contributed by atoms with Crippen LogP contribution in [0.15, 0.2) is 46.7 Å². The predicted molar refractivity (Wildman–Crippen MR) is 100 cm³/mol. The van der Waals surface area contributed by atoms with Crippen molar-refractivity contribution in [2.24, 2.45) is 0 Å². The zero-order chi connectivity index (χ0) is 17.1. The maximum atomic E-state index is 13.1. The average molecular weight is 341 g/mol. The summed E-state index contributed by atoms with van der Waals surface area (Å²) in [5.74, 6) is 0.512. The highest BCUT2D eigenvalue weighted by molar-refractivity contribution is 7.85. The molecule has 1 aromatic carbocycles. The maximum absolute atomic E-state index is 13.1. The standard InChI is InChI=1S/C19H23N3OS/c1-2-16-17(13-20)22(14-9-5-3-6-10-14)19(21)18(16)24(23)15-11-7-4-8-12-15/h2,4,7-8,11-14,20H,1,3,5-6,9-10,21H2. The summed E-state index contributed by atoms with van der Waals surface area (Å²) in [4.78, 5) is 1.30. The highest BCUT2D eigenvalue weighted by atomic mass is 32.2. The Balaban J connectivity index is 2.15. The van der Waals surface area contributed by atoms with Crippen LogP contribution in [-0.4, -0.2) is 15.0 Å². The normalized spacial score (nSPS) is 16.7. The van der Waals surface area contributed by atoms with E-state index in [1.807, 2.05) is 34.9 Å². The van der Waals surface area contributed by atoms with Gasteiger partial charge in [-0.1, -0.05) is 50.1 Å². The van der Waals surface area contributed by atoms with Crippen molar-refractivity contribution >= 4 is 28.9 Å². The molecule has 3 rings (SSSR count). The summed E-state index contributed by atoms with van der Waals surface area (Å²) in [6.07, 6.45) is 8.66. The van der Waals surface area contributed by atoms with Gasteiger partial charge in [0.25, 0.3) is 0 Å². The first kappa shape index (κ1) is 16.7. The van der Waals surface area contributed by atoms with Crippen molar-refractivity contribution in [2.75, 3.05) is 5.73 Å². The van der Waals surface area contributed by atoms with Gasteiger partial charge >= 0.3 is 0 Å². The lowest BCUT2D eigenvalue weighted by Crippen LogP contribution is -2.17.